The predicted molar refractivity (Wildman–Crippen MR) is 109 cm³/mol. The Bertz CT molecular complexity index is 1080. The minimum Gasteiger partial charge on any atom is -0.406 e. The Morgan fingerprint density at radius 2 is 1.81 bits per heavy atom. The van der Waals surface area contributed by atoms with Crippen molar-refractivity contribution in [1.29, 1.82) is 0 Å². The van der Waals surface area contributed by atoms with Gasteiger partial charge in [-0.3, -0.25) is 19.4 Å². The summed E-state index contributed by atoms with van der Waals surface area (Å²) < 4.78 is 40.7. The topological polar surface area (TPSA) is 116 Å². The number of amides is 2. The van der Waals surface area contributed by atoms with Crippen molar-refractivity contribution < 1.29 is 27.5 Å². The number of hydrogen-bond acceptors (Lipinski definition) is 6. The lowest BCUT2D eigenvalue weighted by Crippen LogP contribution is -2.38. The second-order valence-electron chi connectivity index (χ2n) is 7.57. The van der Waals surface area contributed by atoms with Gasteiger partial charge in [0.25, 0.3) is 5.56 Å². The Kier molecular flexibility index (Phi) is 5.76. The van der Waals surface area contributed by atoms with Crippen LogP contribution in [0.4, 0.5) is 30.6 Å². The average Bonchev–Trinajstić information content (AvgIpc) is 2.73. The molecule has 0 radical (unpaired) electrons. The maximum atomic E-state index is 12.8. The normalized spacial score (nSPS) is 18.5. The number of halogens is 3. The van der Waals surface area contributed by atoms with E-state index in [1.807, 2.05) is 4.90 Å². The van der Waals surface area contributed by atoms with Crippen molar-refractivity contribution in [3.63, 3.8) is 0 Å². The van der Waals surface area contributed by atoms with E-state index in [4.69, 9.17) is 0 Å². The maximum absolute atomic E-state index is 12.8. The van der Waals surface area contributed by atoms with Crippen LogP contribution in [0.25, 0.3) is 0 Å². The SMILES string of the molecule is O=C1C[C@H](C(=O)Nc2ccc(OC(F)(F)F)cc2)c2c(nc(N3CCCCC3)[nH]c2=O)N1. The number of nitrogens with one attached hydrogen (secondary N) is 3. The molecule has 1 fully saturated rings. The van der Waals surface area contributed by atoms with Crippen molar-refractivity contribution in [2.45, 2.75) is 38.0 Å². The average molecular weight is 451 g/mol. The van der Waals surface area contributed by atoms with Crippen LogP contribution in [0.3, 0.4) is 0 Å². The highest BCUT2D eigenvalue weighted by atomic mass is 19.4. The summed E-state index contributed by atoms with van der Waals surface area (Å²) >= 11 is 0. The standard InChI is InChI=1S/C20H20F3N5O4/c21-20(22,23)32-12-6-4-11(5-7-12)24-17(30)13-10-14(29)25-16-15(13)18(31)27-19(26-16)28-8-2-1-3-9-28/h4-7,13H,1-3,8-10H2,(H,24,30)(H2,25,26,27,29,31)/t13-/m0/s1. The first-order valence-electron chi connectivity index (χ1n) is 10.1. The number of rotatable bonds is 4. The number of aromatic amines is 1. The van der Waals surface area contributed by atoms with Gasteiger partial charge in [0.15, 0.2) is 0 Å². The molecule has 0 spiro atoms. The van der Waals surface area contributed by atoms with Crippen molar-refractivity contribution in [2.24, 2.45) is 0 Å². The number of carbonyl (C=O) groups excluding carboxylic acids is 2. The van der Waals surface area contributed by atoms with Crippen LogP contribution in [-0.2, 0) is 9.59 Å². The molecule has 0 aliphatic carbocycles. The minimum absolute atomic E-state index is 0.0413. The molecule has 1 atom stereocenters. The second-order valence-corrected chi connectivity index (χ2v) is 7.57. The van der Waals surface area contributed by atoms with Gasteiger partial charge in [-0.25, -0.2) is 0 Å². The Balaban J connectivity index is 1.55. The number of fused-ring (bicyclic) bond motifs is 1. The van der Waals surface area contributed by atoms with Crippen molar-refractivity contribution in [1.82, 2.24) is 9.97 Å². The number of nitrogens with zero attached hydrogens (tertiary/aromatic N) is 2. The van der Waals surface area contributed by atoms with E-state index in [-0.39, 0.29) is 23.5 Å². The van der Waals surface area contributed by atoms with Crippen molar-refractivity contribution >= 4 is 29.3 Å². The van der Waals surface area contributed by atoms with Crippen LogP contribution in [0.5, 0.6) is 5.75 Å². The van der Waals surface area contributed by atoms with Crippen molar-refractivity contribution in [3.05, 3.63) is 40.2 Å². The lowest BCUT2D eigenvalue weighted by Gasteiger charge is -2.29. The highest BCUT2D eigenvalue weighted by Gasteiger charge is 2.35. The van der Waals surface area contributed by atoms with Gasteiger partial charge >= 0.3 is 6.36 Å². The fourth-order valence-electron chi connectivity index (χ4n) is 3.81. The molecule has 2 amide bonds. The lowest BCUT2D eigenvalue weighted by atomic mass is 9.92. The van der Waals surface area contributed by atoms with Crippen LogP contribution in [0.2, 0.25) is 0 Å². The predicted octanol–water partition coefficient (Wildman–Crippen LogP) is 2.72. The zero-order valence-corrected chi connectivity index (χ0v) is 16.8. The molecular formula is C20H20F3N5O4. The van der Waals surface area contributed by atoms with Crippen molar-refractivity contribution in [3.8, 4) is 5.75 Å². The van der Waals surface area contributed by atoms with E-state index >= 15 is 0 Å². The number of carbonyl (C=O) groups is 2. The van der Waals surface area contributed by atoms with Gasteiger partial charge in [0.05, 0.1) is 11.5 Å². The summed E-state index contributed by atoms with van der Waals surface area (Å²) in [4.78, 5) is 46.8. The summed E-state index contributed by atoms with van der Waals surface area (Å²) in [6, 6.07) is 4.54. The fourth-order valence-corrected chi connectivity index (χ4v) is 3.81. The summed E-state index contributed by atoms with van der Waals surface area (Å²) in [7, 11) is 0. The number of H-pyrrole nitrogens is 1. The van der Waals surface area contributed by atoms with E-state index in [2.05, 4.69) is 25.3 Å². The summed E-state index contributed by atoms with van der Waals surface area (Å²) in [6.07, 6.45) is -2.07. The Morgan fingerprint density at radius 3 is 2.47 bits per heavy atom. The molecule has 4 rings (SSSR count). The minimum atomic E-state index is -4.83. The fraction of sp³-hybridized carbons (Fsp3) is 0.400. The summed E-state index contributed by atoms with van der Waals surface area (Å²) in [5.74, 6) is -2.27. The van der Waals surface area contributed by atoms with Crippen LogP contribution >= 0.6 is 0 Å². The zero-order chi connectivity index (χ0) is 22.9. The highest BCUT2D eigenvalue weighted by molar-refractivity contribution is 6.04. The Morgan fingerprint density at radius 1 is 1.12 bits per heavy atom. The number of hydrogen-bond donors (Lipinski definition) is 3. The van der Waals surface area contributed by atoms with E-state index in [0.717, 1.165) is 44.5 Å². The molecule has 1 aromatic carbocycles. The molecule has 170 valence electrons. The number of piperidine rings is 1. The number of aromatic nitrogens is 2. The smallest absolute Gasteiger partial charge is 0.406 e. The Hall–Kier alpha value is -3.57. The first kappa shape index (κ1) is 21.7. The van der Waals surface area contributed by atoms with Crippen LogP contribution in [-0.4, -0.2) is 41.2 Å². The molecule has 0 bridgehead atoms. The number of ether oxygens (including phenoxy) is 1. The van der Waals surface area contributed by atoms with E-state index in [0.29, 0.717) is 5.95 Å². The number of alkyl halides is 3. The summed E-state index contributed by atoms with van der Waals surface area (Å²) in [6.45, 7) is 1.46. The van der Waals surface area contributed by atoms with Gasteiger partial charge in [-0.2, -0.15) is 4.98 Å². The quantitative estimate of drug-likeness (QED) is 0.658. The van der Waals surface area contributed by atoms with Gasteiger partial charge in [0.2, 0.25) is 17.8 Å². The van der Waals surface area contributed by atoms with Crippen LogP contribution in [0.15, 0.2) is 29.1 Å². The van der Waals surface area contributed by atoms with E-state index < -0.39 is 35.4 Å². The second kappa shape index (κ2) is 8.52. The monoisotopic (exact) mass is 451 g/mol. The molecule has 0 unspecified atom stereocenters. The summed E-state index contributed by atoms with van der Waals surface area (Å²) in [5, 5.41) is 5.08. The van der Waals surface area contributed by atoms with Gasteiger partial charge in [0.1, 0.15) is 11.6 Å². The van der Waals surface area contributed by atoms with Gasteiger partial charge in [-0.05, 0) is 43.5 Å². The van der Waals surface area contributed by atoms with Crippen LogP contribution < -0.4 is 25.8 Å². The molecule has 1 saturated heterocycles. The molecule has 3 N–H and O–H groups in total. The molecule has 3 heterocycles. The Labute approximate surface area is 180 Å². The molecule has 2 aliphatic rings. The van der Waals surface area contributed by atoms with Crippen LogP contribution in [0, 0.1) is 0 Å². The van der Waals surface area contributed by atoms with E-state index in [1.54, 1.807) is 0 Å². The molecule has 2 aliphatic heterocycles. The molecule has 9 nitrogen and oxygen atoms in total. The number of benzene rings is 1. The first-order valence-corrected chi connectivity index (χ1v) is 10.1. The van der Waals surface area contributed by atoms with Gasteiger partial charge in [-0.1, -0.05) is 0 Å². The third-order valence-corrected chi connectivity index (χ3v) is 5.27. The largest absolute Gasteiger partial charge is 0.573 e. The molecule has 32 heavy (non-hydrogen) atoms. The van der Waals surface area contributed by atoms with Crippen LogP contribution in [0.1, 0.15) is 37.2 Å². The molecule has 1 aromatic heterocycles. The van der Waals surface area contributed by atoms with Gasteiger partial charge in [-0.15, -0.1) is 13.2 Å². The molecular weight excluding hydrogens is 431 g/mol. The third-order valence-electron chi connectivity index (χ3n) is 5.27. The van der Waals surface area contributed by atoms with E-state index in [9.17, 15) is 27.6 Å². The maximum Gasteiger partial charge on any atom is 0.573 e. The van der Waals surface area contributed by atoms with E-state index in [1.165, 1.54) is 12.1 Å². The first-order chi connectivity index (χ1) is 15.2. The number of anilines is 3. The van der Waals surface area contributed by atoms with Gasteiger partial charge in [0, 0.05) is 25.2 Å². The molecule has 12 heteroatoms. The third kappa shape index (κ3) is 4.84. The van der Waals surface area contributed by atoms with Gasteiger partial charge < -0.3 is 20.3 Å². The zero-order valence-electron chi connectivity index (χ0n) is 16.8. The molecule has 0 saturated carbocycles. The lowest BCUT2D eigenvalue weighted by molar-refractivity contribution is -0.274. The highest BCUT2D eigenvalue weighted by Crippen LogP contribution is 2.31. The summed E-state index contributed by atoms with van der Waals surface area (Å²) in [5.41, 5.74) is -0.295. The van der Waals surface area contributed by atoms with Crippen molar-refractivity contribution in [2.75, 3.05) is 28.6 Å². The molecule has 2 aromatic rings.